The van der Waals surface area contributed by atoms with Crippen LogP contribution < -0.4 is 5.32 Å². The molecule has 21 heavy (non-hydrogen) atoms. The molecule has 0 saturated heterocycles. The molecular formula is C17H16N2OS. The highest BCUT2D eigenvalue weighted by Gasteiger charge is 2.06. The molecule has 0 saturated carbocycles. The first kappa shape index (κ1) is 15.1. The van der Waals surface area contributed by atoms with Crippen molar-refractivity contribution in [3.63, 3.8) is 0 Å². The Kier molecular flexibility index (Phi) is 5.42. The van der Waals surface area contributed by atoms with Gasteiger partial charge in [0.25, 0.3) is 0 Å². The van der Waals surface area contributed by atoms with Crippen molar-refractivity contribution in [3.05, 3.63) is 65.2 Å². The Morgan fingerprint density at radius 2 is 1.90 bits per heavy atom. The summed E-state index contributed by atoms with van der Waals surface area (Å²) in [5, 5.41) is 11.8. The topological polar surface area (TPSA) is 52.9 Å². The van der Waals surface area contributed by atoms with Crippen molar-refractivity contribution in [2.75, 3.05) is 11.1 Å². The van der Waals surface area contributed by atoms with Gasteiger partial charge in [-0.2, -0.15) is 5.26 Å². The average Bonchev–Trinajstić information content (AvgIpc) is 2.50. The number of carbonyl (C=O) groups is 1. The van der Waals surface area contributed by atoms with E-state index in [2.05, 4.69) is 30.4 Å². The summed E-state index contributed by atoms with van der Waals surface area (Å²) in [5.41, 5.74) is 3.53. The SMILES string of the molecule is Cc1ccccc1CSCC(=O)Nc1ccccc1C#N. The van der Waals surface area contributed by atoms with Crippen LogP contribution in [0.25, 0.3) is 0 Å². The van der Waals surface area contributed by atoms with Crippen LogP contribution in [0.1, 0.15) is 16.7 Å². The van der Waals surface area contributed by atoms with Gasteiger partial charge in [-0.3, -0.25) is 4.79 Å². The standard InChI is InChI=1S/C17H16N2OS/c1-13-6-2-3-8-15(13)11-21-12-17(20)19-16-9-5-4-7-14(16)10-18/h2-9H,11-12H2,1H3,(H,19,20). The van der Waals surface area contributed by atoms with Gasteiger partial charge in [0.2, 0.25) is 5.91 Å². The van der Waals surface area contributed by atoms with Crippen molar-refractivity contribution >= 4 is 23.4 Å². The smallest absolute Gasteiger partial charge is 0.234 e. The Morgan fingerprint density at radius 3 is 2.67 bits per heavy atom. The van der Waals surface area contributed by atoms with Crippen molar-refractivity contribution in [1.29, 1.82) is 5.26 Å². The zero-order valence-electron chi connectivity index (χ0n) is 11.8. The summed E-state index contributed by atoms with van der Waals surface area (Å²) < 4.78 is 0. The second kappa shape index (κ2) is 7.51. The summed E-state index contributed by atoms with van der Waals surface area (Å²) in [6.07, 6.45) is 0. The number of thioether (sulfide) groups is 1. The molecule has 3 nitrogen and oxygen atoms in total. The lowest BCUT2D eigenvalue weighted by atomic mass is 10.1. The number of hydrogen-bond donors (Lipinski definition) is 1. The largest absolute Gasteiger partial charge is 0.324 e. The monoisotopic (exact) mass is 296 g/mol. The van der Waals surface area contributed by atoms with Crippen molar-refractivity contribution in [3.8, 4) is 6.07 Å². The van der Waals surface area contributed by atoms with E-state index in [1.807, 2.05) is 12.1 Å². The number of aryl methyl sites for hydroxylation is 1. The quantitative estimate of drug-likeness (QED) is 0.914. The van der Waals surface area contributed by atoms with Crippen LogP contribution in [-0.2, 0) is 10.5 Å². The third-order valence-corrected chi connectivity index (χ3v) is 4.06. The normalized spacial score (nSPS) is 9.90. The number of anilines is 1. The van der Waals surface area contributed by atoms with Crippen LogP contribution in [0, 0.1) is 18.3 Å². The molecule has 0 heterocycles. The molecule has 0 atom stereocenters. The highest BCUT2D eigenvalue weighted by molar-refractivity contribution is 7.99. The number of rotatable bonds is 5. The maximum atomic E-state index is 11.9. The highest BCUT2D eigenvalue weighted by atomic mass is 32.2. The molecule has 0 spiro atoms. The van der Waals surface area contributed by atoms with Gasteiger partial charge in [0.05, 0.1) is 17.0 Å². The van der Waals surface area contributed by atoms with E-state index in [-0.39, 0.29) is 5.91 Å². The molecule has 2 aromatic rings. The summed E-state index contributed by atoms with van der Waals surface area (Å²) in [5.74, 6) is 1.09. The van der Waals surface area contributed by atoms with Crippen LogP contribution in [0.4, 0.5) is 5.69 Å². The van der Waals surface area contributed by atoms with Crippen LogP contribution in [-0.4, -0.2) is 11.7 Å². The molecule has 4 heteroatoms. The second-order valence-corrected chi connectivity index (χ2v) is 5.61. The van der Waals surface area contributed by atoms with Gasteiger partial charge in [-0.05, 0) is 30.2 Å². The minimum atomic E-state index is -0.0868. The second-order valence-electron chi connectivity index (χ2n) is 4.62. The molecule has 1 amide bonds. The van der Waals surface area contributed by atoms with Gasteiger partial charge in [0.15, 0.2) is 0 Å². The number of nitrogens with zero attached hydrogens (tertiary/aromatic N) is 1. The van der Waals surface area contributed by atoms with Crippen LogP contribution in [0.15, 0.2) is 48.5 Å². The molecule has 106 valence electrons. The Labute approximate surface area is 129 Å². The summed E-state index contributed by atoms with van der Waals surface area (Å²) in [7, 11) is 0. The van der Waals surface area contributed by atoms with Crippen LogP contribution in [0.5, 0.6) is 0 Å². The number of hydrogen-bond acceptors (Lipinski definition) is 3. The van der Waals surface area contributed by atoms with Crippen molar-refractivity contribution < 1.29 is 4.79 Å². The first-order valence-corrected chi connectivity index (χ1v) is 7.77. The predicted octanol–water partition coefficient (Wildman–Crippen LogP) is 3.74. The lowest BCUT2D eigenvalue weighted by molar-refractivity contribution is -0.113. The fourth-order valence-corrected chi connectivity index (χ4v) is 2.81. The summed E-state index contributed by atoms with van der Waals surface area (Å²) in [6, 6.07) is 17.2. The zero-order valence-corrected chi connectivity index (χ0v) is 12.6. The molecule has 0 bridgehead atoms. The lowest BCUT2D eigenvalue weighted by Gasteiger charge is -2.07. The third kappa shape index (κ3) is 4.37. The molecule has 0 aromatic heterocycles. The molecule has 1 N–H and O–H groups in total. The number of carbonyl (C=O) groups excluding carboxylic acids is 1. The first-order valence-electron chi connectivity index (χ1n) is 6.62. The molecule has 0 unspecified atom stereocenters. The third-order valence-electron chi connectivity index (χ3n) is 3.07. The van der Waals surface area contributed by atoms with Gasteiger partial charge in [-0.15, -0.1) is 11.8 Å². The van der Waals surface area contributed by atoms with Gasteiger partial charge in [-0.1, -0.05) is 36.4 Å². The van der Waals surface area contributed by atoms with Gasteiger partial charge in [0.1, 0.15) is 6.07 Å². The van der Waals surface area contributed by atoms with E-state index in [4.69, 9.17) is 5.26 Å². The summed E-state index contributed by atoms with van der Waals surface area (Å²) in [4.78, 5) is 11.9. The number of nitrogens with one attached hydrogen (secondary N) is 1. The summed E-state index contributed by atoms with van der Waals surface area (Å²) >= 11 is 1.57. The van der Waals surface area contributed by atoms with Gasteiger partial charge >= 0.3 is 0 Å². The van der Waals surface area contributed by atoms with Crippen molar-refractivity contribution in [2.45, 2.75) is 12.7 Å². The molecule has 0 aliphatic heterocycles. The molecule has 0 radical (unpaired) electrons. The molecular weight excluding hydrogens is 280 g/mol. The van der Waals surface area contributed by atoms with E-state index >= 15 is 0 Å². The molecule has 0 aliphatic carbocycles. The van der Waals surface area contributed by atoms with Crippen molar-refractivity contribution in [2.24, 2.45) is 0 Å². The van der Waals surface area contributed by atoms with E-state index < -0.39 is 0 Å². The zero-order chi connectivity index (χ0) is 15.1. The van der Waals surface area contributed by atoms with E-state index in [0.717, 1.165) is 5.75 Å². The number of benzene rings is 2. The fourth-order valence-electron chi connectivity index (χ4n) is 1.90. The Morgan fingerprint density at radius 1 is 1.19 bits per heavy atom. The highest BCUT2D eigenvalue weighted by Crippen LogP contribution is 2.17. The van der Waals surface area contributed by atoms with Gasteiger partial charge in [-0.25, -0.2) is 0 Å². The minimum Gasteiger partial charge on any atom is -0.324 e. The molecule has 2 aromatic carbocycles. The van der Waals surface area contributed by atoms with Crippen LogP contribution in [0.2, 0.25) is 0 Å². The van der Waals surface area contributed by atoms with E-state index in [0.29, 0.717) is 17.0 Å². The number of nitriles is 1. The fraction of sp³-hybridized carbons (Fsp3) is 0.176. The Hall–Kier alpha value is -2.25. The maximum absolute atomic E-state index is 11.9. The van der Waals surface area contributed by atoms with Crippen LogP contribution in [0.3, 0.4) is 0 Å². The van der Waals surface area contributed by atoms with Gasteiger partial charge < -0.3 is 5.32 Å². The molecule has 0 fully saturated rings. The van der Waals surface area contributed by atoms with Gasteiger partial charge in [0, 0.05) is 5.75 Å². The Balaban J connectivity index is 1.86. The van der Waals surface area contributed by atoms with Crippen LogP contribution >= 0.6 is 11.8 Å². The van der Waals surface area contributed by atoms with E-state index in [9.17, 15) is 4.79 Å². The predicted molar refractivity (Wildman–Crippen MR) is 87.1 cm³/mol. The summed E-state index contributed by atoms with van der Waals surface area (Å²) in [6.45, 7) is 2.07. The van der Waals surface area contributed by atoms with E-state index in [1.54, 1.807) is 36.0 Å². The number of para-hydroxylation sites is 1. The van der Waals surface area contributed by atoms with E-state index in [1.165, 1.54) is 11.1 Å². The minimum absolute atomic E-state index is 0.0868. The number of amides is 1. The maximum Gasteiger partial charge on any atom is 0.234 e. The molecule has 2 rings (SSSR count). The average molecular weight is 296 g/mol. The molecule has 0 aliphatic rings. The van der Waals surface area contributed by atoms with Crippen molar-refractivity contribution in [1.82, 2.24) is 0 Å². The first-order chi connectivity index (χ1) is 10.2. The lowest BCUT2D eigenvalue weighted by Crippen LogP contribution is -2.15. The Bertz CT molecular complexity index is 676.